The lowest BCUT2D eigenvalue weighted by Gasteiger charge is -2.24. The van der Waals surface area contributed by atoms with Gasteiger partial charge >= 0.3 is 0 Å². The van der Waals surface area contributed by atoms with Gasteiger partial charge in [0.2, 0.25) is 5.91 Å². The maximum absolute atomic E-state index is 12.2. The standard InChI is InChI=1S/C17H21NO2/c1-4-13-6-8-14(9-7-13)17(19)18-15-10-5-12(2)16(11-15)20-3/h1,5,10-11,13-14H,6-9H2,2-3H3,(H,18,19). The number of ether oxygens (including phenoxy) is 1. The van der Waals surface area contributed by atoms with Crippen molar-refractivity contribution < 1.29 is 9.53 Å². The number of rotatable bonds is 3. The summed E-state index contributed by atoms with van der Waals surface area (Å²) >= 11 is 0. The fourth-order valence-electron chi connectivity index (χ4n) is 2.66. The molecular formula is C17H21NO2. The summed E-state index contributed by atoms with van der Waals surface area (Å²) < 4.78 is 5.27. The van der Waals surface area contributed by atoms with E-state index in [9.17, 15) is 4.79 Å². The van der Waals surface area contributed by atoms with Crippen LogP contribution >= 0.6 is 0 Å². The lowest BCUT2D eigenvalue weighted by atomic mass is 9.82. The van der Waals surface area contributed by atoms with Crippen molar-refractivity contribution in [2.45, 2.75) is 32.6 Å². The molecule has 0 heterocycles. The van der Waals surface area contributed by atoms with Crippen molar-refractivity contribution in [1.82, 2.24) is 0 Å². The highest BCUT2D eigenvalue weighted by Crippen LogP contribution is 2.30. The second-order valence-electron chi connectivity index (χ2n) is 5.39. The van der Waals surface area contributed by atoms with Crippen molar-refractivity contribution in [2.24, 2.45) is 11.8 Å². The predicted molar refractivity (Wildman–Crippen MR) is 80.6 cm³/mol. The third kappa shape index (κ3) is 3.33. The van der Waals surface area contributed by atoms with E-state index in [1.165, 1.54) is 0 Å². The molecule has 0 aliphatic heterocycles. The molecule has 1 aliphatic rings. The van der Waals surface area contributed by atoms with Gasteiger partial charge in [0.1, 0.15) is 5.75 Å². The minimum absolute atomic E-state index is 0.0758. The topological polar surface area (TPSA) is 38.3 Å². The zero-order chi connectivity index (χ0) is 14.5. The highest BCUT2D eigenvalue weighted by Gasteiger charge is 2.25. The number of hydrogen-bond acceptors (Lipinski definition) is 2. The molecule has 1 aromatic carbocycles. The van der Waals surface area contributed by atoms with Crippen LogP contribution in [0.5, 0.6) is 5.75 Å². The van der Waals surface area contributed by atoms with E-state index in [1.54, 1.807) is 7.11 Å². The molecule has 3 heteroatoms. The molecule has 1 fully saturated rings. The number of carbonyl (C=O) groups excluding carboxylic acids is 1. The predicted octanol–water partition coefficient (Wildman–Crippen LogP) is 3.38. The Balaban J connectivity index is 1.97. The minimum atomic E-state index is 0.0758. The normalized spacial score (nSPS) is 21.9. The summed E-state index contributed by atoms with van der Waals surface area (Å²) in [5, 5.41) is 2.98. The van der Waals surface area contributed by atoms with Gasteiger partial charge in [-0.2, -0.15) is 0 Å². The van der Waals surface area contributed by atoms with Gasteiger partial charge in [-0.3, -0.25) is 4.79 Å². The third-order valence-electron chi connectivity index (χ3n) is 4.01. The van der Waals surface area contributed by atoms with Crippen LogP contribution in [0.2, 0.25) is 0 Å². The number of aryl methyl sites for hydroxylation is 1. The first-order valence-electron chi connectivity index (χ1n) is 7.05. The second-order valence-corrected chi connectivity index (χ2v) is 5.39. The highest BCUT2D eigenvalue weighted by atomic mass is 16.5. The molecule has 1 amide bonds. The average molecular weight is 271 g/mol. The quantitative estimate of drug-likeness (QED) is 0.856. The maximum atomic E-state index is 12.2. The number of anilines is 1. The first kappa shape index (κ1) is 14.5. The van der Waals surface area contributed by atoms with Gasteiger partial charge in [0.15, 0.2) is 0 Å². The maximum Gasteiger partial charge on any atom is 0.227 e. The van der Waals surface area contributed by atoms with Crippen LogP contribution in [-0.4, -0.2) is 13.0 Å². The van der Waals surface area contributed by atoms with E-state index in [0.717, 1.165) is 42.7 Å². The Morgan fingerprint density at radius 2 is 2.05 bits per heavy atom. The van der Waals surface area contributed by atoms with Gasteiger partial charge in [-0.15, -0.1) is 12.3 Å². The summed E-state index contributed by atoms with van der Waals surface area (Å²) in [4.78, 5) is 12.2. The minimum Gasteiger partial charge on any atom is -0.496 e. The number of hydrogen-bond donors (Lipinski definition) is 1. The molecule has 1 aromatic rings. The molecule has 1 aliphatic carbocycles. The molecule has 0 saturated heterocycles. The van der Waals surface area contributed by atoms with Crippen molar-refractivity contribution in [3.63, 3.8) is 0 Å². The molecule has 0 spiro atoms. The van der Waals surface area contributed by atoms with E-state index < -0.39 is 0 Å². The molecule has 0 aromatic heterocycles. The molecular weight excluding hydrogens is 250 g/mol. The summed E-state index contributed by atoms with van der Waals surface area (Å²) in [6.07, 6.45) is 9.09. The molecule has 0 unspecified atom stereocenters. The number of amides is 1. The van der Waals surface area contributed by atoms with E-state index >= 15 is 0 Å². The van der Waals surface area contributed by atoms with Gasteiger partial charge in [-0.05, 0) is 44.2 Å². The monoisotopic (exact) mass is 271 g/mol. The van der Waals surface area contributed by atoms with Crippen LogP contribution < -0.4 is 10.1 Å². The van der Waals surface area contributed by atoms with Gasteiger partial charge in [0.05, 0.1) is 7.11 Å². The molecule has 0 radical (unpaired) electrons. The van der Waals surface area contributed by atoms with E-state index in [2.05, 4.69) is 11.2 Å². The molecule has 20 heavy (non-hydrogen) atoms. The number of nitrogens with one attached hydrogen (secondary N) is 1. The summed E-state index contributed by atoms with van der Waals surface area (Å²) in [7, 11) is 1.63. The number of methoxy groups -OCH3 is 1. The van der Waals surface area contributed by atoms with Crippen molar-refractivity contribution in [3.05, 3.63) is 23.8 Å². The summed E-state index contributed by atoms with van der Waals surface area (Å²) in [5.41, 5.74) is 1.84. The van der Waals surface area contributed by atoms with Crippen LogP contribution in [-0.2, 0) is 4.79 Å². The first-order chi connectivity index (χ1) is 9.63. The molecule has 2 rings (SSSR count). The van der Waals surface area contributed by atoms with Gasteiger partial charge in [0, 0.05) is 23.6 Å². The first-order valence-corrected chi connectivity index (χ1v) is 7.05. The van der Waals surface area contributed by atoms with Gasteiger partial charge < -0.3 is 10.1 Å². The molecule has 0 atom stereocenters. The second kappa shape index (κ2) is 6.47. The van der Waals surface area contributed by atoms with Gasteiger partial charge in [-0.1, -0.05) is 6.07 Å². The Hall–Kier alpha value is -1.95. The van der Waals surface area contributed by atoms with Crippen molar-refractivity contribution in [1.29, 1.82) is 0 Å². The Morgan fingerprint density at radius 1 is 1.35 bits per heavy atom. The lowest BCUT2D eigenvalue weighted by Crippen LogP contribution is -2.26. The largest absolute Gasteiger partial charge is 0.496 e. The van der Waals surface area contributed by atoms with Crippen LogP contribution in [0.15, 0.2) is 18.2 Å². The molecule has 3 nitrogen and oxygen atoms in total. The molecule has 106 valence electrons. The van der Waals surface area contributed by atoms with E-state index in [4.69, 9.17) is 11.2 Å². The fraction of sp³-hybridized carbons (Fsp3) is 0.471. The lowest BCUT2D eigenvalue weighted by molar-refractivity contribution is -0.120. The Morgan fingerprint density at radius 3 is 2.65 bits per heavy atom. The summed E-state index contributed by atoms with van der Waals surface area (Å²) in [5.74, 6) is 4.09. The van der Waals surface area contributed by atoms with E-state index in [0.29, 0.717) is 5.92 Å². The molecule has 1 N–H and O–H groups in total. The number of terminal acetylenes is 1. The van der Waals surface area contributed by atoms with Crippen LogP contribution in [0.4, 0.5) is 5.69 Å². The smallest absolute Gasteiger partial charge is 0.227 e. The van der Waals surface area contributed by atoms with Gasteiger partial charge in [0.25, 0.3) is 0 Å². The van der Waals surface area contributed by atoms with Crippen molar-refractivity contribution >= 4 is 11.6 Å². The fourth-order valence-corrected chi connectivity index (χ4v) is 2.66. The zero-order valence-electron chi connectivity index (χ0n) is 12.1. The van der Waals surface area contributed by atoms with E-state index in [1.807, 2.05) is 25.1 Å². The van der Waals surface area contributed by atoms with Crippen LogP contribution in [0.3, 0.4) is 0 Å². The SMILES string of the molecule is C#CC1CCC(C(=O)Nc2ccc(C)c(OC)c2)CC1. The molecule has 0 bridgehead atoms. The van der Waals surface area contributed by atoms with Crippen molar-refractivity contribution in [3.8, 4) is 18.1 Å². The average Bonchev–Trinajstić information content (AvgIpc) is 2.49. The molecule has 1 saturated carbocycles. The van der Waals surface area contributed by atoms with E-state index in [-0.39, 0.29) is 11.8 Å². The van der Waals surface area contributed by atoms with Crippen LogP contribution in [0.25, 0.3) is 0 Å². The zero-order valence-corrected chi connectivity index (χ0v) is 12.1. The summed E-state index contributed by atoms with van der Waals surface area (Å²) in [6, 6.07) is 5.72. The van der Waals surface area contributed by atoms with Crippen molar-refractivity contribution in [2.75, 3.05) is 12.4 Å². The van der Waals surface area contributed by atoms with Crippen LogP contribution in [0, 0.1) is 31.1 Å². The highest BCUT2D eigenvalue weighted by molar-refractivity contribution is 5.92. The summed E-state index contributed by atoms with van der Waals surface area (Å²) in [6.45, 7) is 1.98. The third-order valence-corrected chi connectivity index (χ3v) is 4.01. The van der Waals surface area contributed by atoms with Gasteiger partial charge in [-0.25, -0.2) is 0 Å². The number of benzene rings is 1. The Kier molecular flexibility index (Phi) is 4.68. The Bertz CT molecular complexity index is 522. The number of carbonyl (C=O) groups is 1. The Labute approximate surface area is 120 Å². The van der Waals surface area contributed by atoms with Crippen LogP contribution in [0.1, 0.15) is 31.2 Å².